The zero-order chi connectivity index (χ0) is 14.8. The van der Waals surface area contributed by atoms with E-state index in [9.17, 15) is 9.90 Å². The van der Waals surface area contributed by atoms with Crippen molar-refractivity contribution in [3.8, 4) is 0 Å². The van der Waals surface area contributed by atoms with Crippen LogP contribution in [0.3, 0.4) is 0 Å². The summed E-state index contributed by atoms with van der Waals surface area (Å²) in [5.41, 5.74) is -0.796. The average molecular weight is 279 g/mol. The quantitative estimate of drug-likeness (QED) is 0.889. The Morgan fingerprint density at radius 2 is 2.00 bits per heavy atom. The van der Waals surface area contributed by atoms with Crippen molar-refractivity contribution in [2.45, 2.75) is 64.0 Å². The summed E-state index contributed by atoms with van der Waals surface area (Å²) in [5, 5.41) is 13.0. The van der Waals surface area contributed by atoms with E-state index in [1.54, 1.807) is 17.0 Å². The fourth-order valence-corrected chi connectivity index (χ4v) is 2.83. The Morgan fingerprint density at radius 3 is 2.55 bits per heavy atom. The molecular formula is C15H25N3O2. The van der Waals surface area contributed by atoms with Gasteiger partial charge < -0.3 is 15.0 Å². The van der Waals surface area contributed by atoms with E-state index in [-0.39, 0.29) is 23.2 Å². The summed E-state index contributed by atoms with van der Waals surface area (Å²) in [6, 6.07) is 0. The van der Waals surface area contributed by atoms with Gasteiger partial charge >= 0.3 is 0 Å². The van der Waals surface area contributed by atoms with Crippen molar-refractivity contribution >= 4 is 5.82 Å². The molecule has 0 radical (unpaired) electrons. The van der Waals surface area contributed by atoms with Crippen molar-refractivity contribution < 1.29 is 5.11 Å². The second-order valence-electron chi connectivity index (χ2n) is 6.75. The molecule has 0 bridgehead atoms. The summed E-state index contributed by atoms with van der Waals surface area (Å²) in [6.07, 6.45) is 8.46. The first kappa shape index (κ1) is 15.0. The van der Waals surface area contributed by atoms with E-state index >= 15 is 0 Å². The number of aromatic nitrogens is 2. The Hall–Kier alpha value is -1.36. The molecule has 1 aliphatic rings. The zero-order valence-electron chi connectivity index (χ0n) is 12.6. The molecule has 5 nitrogen and oxygen atoms in total. The van der Waals surface area contributed by atoms with Gasteiger partial charge in [0, 0.05) is 17.9 Å². The van der Waals surface area contributed by atoms with Gasteiger partial charge in [0.1, 0.15) is 0 Å². The van der Waals surface area contributed by atoms with Gasteiger partial charge in [0.15, 0.2) is 5.82 Å². The lowest BCUT2D eigenvalue weighted by Crippen LogP contribution is -2.46. The highest BCUT2D eigenvalue weighted by Crippen LogP contribution is 2.30. The molecule has 1 heterocycles. The van der Waals surface area contributed by atoms with Crippen molar-refractivity contribution in [2.24, 2.45) is 0 Å². The summed E-state index contributed by atoms with van der Waals surface area (Å²) in [7, 11) is 0. The third kappa shape index (κ3) is 3.03. The third-order valence-corrected chi connectivity index (χ3v) is 4.06. The largest absolute Gasteiger partial charge is 0.394 e. The maximum absolute atomic E-state index is 12.5. The van der Waals surface area contributed by atoms with Crippen LogP contribution in [0.15, 0.2) is 17.2 Å². The lowest BCUT2D eigenvalue weighted by atomic mass is 9.82. The Morgan fingerprint density at radius 1 is 1.35 bits per heavy atom. The lowest BCUT2D eigenvalue weighted by molar-refractivity contribution is 0.172. The Kier molecular flexibility index (Phi) is 4.18. The van der Waals surface area contributed by atoms with Crippen LogP contribution in [0.25, 0.3) is 0 Å². The van der Waals surface area contributed by atoms with Gasteiger partial charge in [-0.1, -0.05) is 19.3 Å². The van der Waals surface area contributed by atoms with Crippen LogP contribution in [0, 0.1) is 0 Å². The molecule has 0 spiro atoms. The molecule has 2 rings (SSSR count). The van der Waals surface area contributed by atoms with E-state index < -0.39 is 0 Å². The van der Waals surface area contributed by atoms with Crippen molar-refractivity contribution in [1.82, 2.24) is 9.55 Å². The van der Waals surface area contributed by atoms with Crippen molar-refractivity contribution in [3.05, 3.63) is 22.7 Å². The molecule has 0 amide bonds. The molecule has 1 saturated carbocycles. The number of aliphatic hydroxyl groups excluding tert-OH is 1. The van der Waals surface area contributed by atoms with Gasteiger partial charge in [-0.3, -0.25) is 4.79 Å². The Labute approximate surface area is 120 Å². The first-order chi connectivity index (χ1) is 9.38. The molecule has 0 aromatic carbocycles. The topological polar surface area (TPSA) is 67.2 Å². The van der Waals surface area contributed by atoms with Crippen LogP contribution in [0.1, 0.15) is 52.9 Å². The summed E-state index contributed by atoms with van der Waals surface area (Å²) in [6.45, 7) is 6.00. The van der Waals surface area contributed by atoms with Crippen LogP contribution in [0.2, 0.25) is 0 Å². The van der Waals surface area contributed by atoms with Crippen molar-refractivity contribution in [3.63, 3.8) is 0 Å². The second-order valence-corrected chi connectivity index (χ2v) is 6.75. The second kappa shape index (κ2) is 5.56. The Bertz CT molecular complexity index is 511. The molecule has 1 aromatic heterocycles. The standard InChI is InChI=1S/C15H25N3O2/c1-14(2,3)18-10-9-16-12(13(18)20)17-15(11-19)7-5-4-6-8-15/h9-10,19H,4-8,11H2,1-3H3,(H,16,17). The van der Waals surface area contributed by atoms with E-state index in [1.165, 1.54) is 6.42 Å². The van der Waals surface area contributed by atoms with E-state index in [0.29, 0.717) is 5.82 Å². The molecule has 5 heteroatoms. The first-order valence-corrected chi connectivity index (χ1v) is 7.35. The first-order valence-electron chi connectivity index (χ1n) is 7.35. The van der Waals surface area contributed by atoms with Crippen LogP contribution in [-0.4, -0.2) is 26.8 Å². The number of hydrogen-bond donors (Lipinski definition) is 2. The highest BCUT2D eigenvalue weighted by molar-refractivity contribution is 5.35. The molecule has 0 unspecified atom stereocenters. The van der Waals surface area contributed by atoms with E-state index in [2.05, 4.69) is 10.3 Å². The maximum Gasteiger partial charge on any atom is 0.293 e. The molecule has 112 valence electrons. The normalized spacial score (nSPS) is 18.8. The van der Waals surface area contributed by atoms with Gasteiger partial charge in [-0.15, -0.1) is 0 Å². The Balaban J connectivity index is 2.32. The van der Waals surface area contributed by atoms with Crippen molar-refractivity contribution in [2.75, 3.05) is 11.9 Å². The van der Waals surface area contributed by atoms with Crippen LogP contribution < -0.4 is 10.9 Å². The minimum Gasteiger partial charge on any atom is -0.394 e. The molecular weight excluding hydrogens is 254 g/mol. The van der Waals surface area contributed by atoms with E-state index in [0.717, 1.165) is 25.7 Å². The molecule has 2 N–H and O–H groups in total. The highest BCUT2D eigenvalue weighted by atomic mass is 16.3. The molecule has 1 aliphatic carbocycles. The lowest BCUT2D eigenvalue weighted by Gasteiger charge is -2.37. The average Bonchev–Trinajstić information content (AvgIpc) is 2.41. The van der Waals surface area contributed by atoms with Crippen LogP contribution in [0.5, 0.6) is 0 Å². The smallest absolute Gasteiger partial charge is 0.293 e. The molecule has 0 atom stereocenters. The molecule has 0 aliphatic heterocycles. The SMILES string of the molecule is CC(C)(C)n1ccnc(NC2(CO)CCCCC2)c1=O. The minimum absolute atomic E-state index is 0.0402. The van der Waals surface area contributed by atoms with Crippen LogP contribution in [-0.2, 0) is 5.54 Å². The molecule has 0 saturated heterocycles. The van der Waals surface area contributed by atoms with Crippen LogP contribution in [0.4, 0.5) is 5.82 Å². The predicted octanol–water partition coefficient (Wildman–Crippen LogP) is 2.11. The number of nitrogens with zero attached hydrogens (tertiary/aromatic N) is 2. The fourth-order valence-electron chi connectivity index (χ4n) is 2.83. The van der Waals surface area contributed by atoms with Gasteiger partial charge in [0.2, 0.25) is 0 Å². The van der Waals surface area contributed by atoms with E-state index in [4.69, 9.17) is 0 Å². The van der Waals surface area contributed by atoms with Crippen LogP contribution >= 0.6 is 0 Å². The monoisotopic (exact) mass is 279 g/mol. The summed E-state index contributed by atoms with van der Waals surface area (Å²) in [5.74, 6) is 0.346. The number of hydrogen-bond acceptors (Lipinski definition) is 4. The van der Waals surface area contributed by atoms with Gasteiger partial charge in [-0.25, -0.2) is 4.98 Å². The number of aliphatic hydroxyl groups is 1. The predicted molar refractivity (Wildman–Crippen MR) is 80.0 cm³/mol. The summed E-state index contributed by atoms with van der Waals surface area (Å²) >= 11 is 0. The maximum atomic E-state index is 12.5. The minimum atomic E-state index is -0.387. The fraction of sp³-hybridized carbons (Fsp3) is 0.733. The number of anilines is 1. The highest BCUT2D eigenvalue weighted by Gasteiger charge is 2.32. The summed E-state index contributed by atoms with van der Waals surface area (Å²) < 4.78 is 1.68. The third-order valence-electron chi connectivity index (χ3n) is 4.06. The zero-order valence-corrected chi connectivity index (χ0v) is 12.6. The van der Waals surface area contributed by atoms with Gasteiger partial charge in [-0.2, -0.15) is 0 Å². The van der Waals surface area contributed by atoms with Gasteiger partial charge in [0.05, 0.1) is 12.1 Å². The van der Waals surface area contributed by atoms with Crippen molar-refractivity contribution in [1.29, 1.82) is 0 Å². The number of rotatable bonds is 3. The molecule has 1 fully saturated rings. The van der Waals surface area contributed by atoms with Gasteiger partial charge in [-0.05, 0) is 33.6 Å². The van der Waals surface area contributed by atoms with Gasteiger partial charge in [0.25, 0.3) is 5.56 Å². The molecule has 20 heavy (non-hydrogen) atoms. The summed E-state index contributed by atoms with van der Waals surface area (Å²) in [4.78, 5) is 16.7. The number of nitrogens with one attached hydrogen (secondary N) is 1. The molecule has 1 aromatic rings. The van der Waals surface area contributed by atoms with E-state index in [1.807, 2.05) is 20.8 Å².